The van der Waals surface area contributed by atoms with E-state index in [4.69, 9.17) is 14.2 Å². The number of aromatic nitrogens is 2. The number of rotatable bonds is 11. The molecule has 1 aromatic carbocycles. The summed E-state index contributed by atoms with van der Waals surface area (Å²) in [5, 5.41) is 0. The van der Waals surface area contributed by atoms with Gasteiger partial charge in [0.1, 0.15) is 5.75 Å². The summed E-state index contributed by atoms with van der Waals surface area (Å²) in [5.41, 5.74) is 6.03. The van der Waals surface area contributed by atoms with Gasteiger partial charge in [0.25, 0.3) is 0 Å². The second kappa shape index (κ2) is 11.1. The van der Waals surface area contributed by atoms with E-state index in [0.717, 1.165) is 24.2 Å². The monoisotopic (exact) mass is 446 g/mol. The van der Waals surface area contributed by atoms with E-state index in [2.05, 4.69) is 22.1 Å². The maximum atomic E-state index is 12.1. The molecule has 0 amide bonds. The van der Waals surface area contributed by atoms with E-state index < -0.39 is 6.10 Å². The Balaban J connectivity index is 1.30. The Morgan fingerprint density at radius 1 is 0.939 bits per heavy atom. The highest BCUT2D eigenvalue weighted by atomic mass is 16.6. The van der Waals surface area contributed by atoms with Crippen LogP contribution in [0.15, 0.2) is 61.2 Å². The summed E-state index contributed by atoms with van der Waals surface area (Å²) in [6.07, 6.45) is 9.44. The number of pyridine rings is 2. The maximum absolute atomic E-state index is 12.1. The third-order valence-corrected chi connectivity index (χ3v) is 5.92. The molecule has 0 saturated heterocycles. The molecule has 6 nitrogen and oxygen atoms in total. The van der Waals surface area contributed by atoms with Crippen LogP contribution in [-0.2, 0) is 20.7 Å². The zero-order chi connectivity index (χ0) is 23.0. The molecule has 0 radical (unpaired) electrons. The Bertz CT molecular complexity index is 1020. The first kappa shape index (κ1) is 22.9. The number of fused-ring (bicyclic) bond motifs is 3. The van der Waals surface area contributed by atoms with E-state index in [0.29, 0.717) is 32.2 Å². The Morgan fingerprint density at radius 3 is 2.21 bits per heavy atom. The average Bonchev–Trinajstić information content (AvgIpc) is 3.16. The lowest BCUT2D eigenvalue weighted by molar-refractivity contribution is -0.156. The molecule has 4 rings (SSSR count). The van der Waals surface area contributed by atoms with Crippen molar-refractivity contribution < 1.29 is 19.0 Å². The van der Waals surface area contributed by atoms with Crippen molar-refractivity contribution in [2.24, 2.45) is 0 Å². The molecule has 0 saturated carbocycles. The summed E-state index contributed by atoms with van der Waals surface area (Å²) in [6.45, 7) is 5.13. The van der Waals surface area contributed by atoms with Gasteiger partial charge in [0.05, 0.1) is 13.2 Å². The molecular formula is C27H30N2O4. The van der Waals surface area contributed by atoms with Gasteiger partial charge in [0.15, 0.2) is 6.10 Å². The number of nitrogens with zero attached hydrogens (tertiary/aromatic N) is 2. The molecule has 172 valence electrons. The lowest BCUT2D eigenvalue weighted by atomic mass is 9.93. The fraction of sp³-hybridized carbons (Fsp3) is 0.370. The van der Waals surface area contributed by atoms with Crippen LogP contribution in [0, 0.1) is 0 Å². The van der Waals surface area contributed by atoms with Crippen molar-refractivity contribution in [2.45, 2.75) is 45.1 Å². The normalized spacial score (nSPS) is 13.3. The number of carbonyl (C=O) groups excluding carboxylic acids is 1. The number of ether oxygens (including phenoxy) is 3. The van der Waals surface area contributed by atoms with Crippen molar-refractivity contribution in [3.05, 3.63) is 77.9 Å². The molecule has 0 N–H and O–H groups in total. The third kappa shape index (κ3) is 5.40. The molecule has 2 heterocycles. The maximum Gasteiger partial charge on any atom is 0.335 e. The molecule has 1 aliphatic carbocycles. The molecule has 0 spiro atoms. The number of esters is 1. The largest absolute Gasteiger partial charge is 0.494 e. The van der Waals surface area contributed by atoms with Crippen LogP contribution in [0.25, 0.3) is 11.1 Å². The van der Waals surface area contributed by atoms with Gasteiger partial charge in [-0.2, -0.15) is 0 Å². The summed E-state index contributed by atoms with van der Waals surface area (Å²) in [7, 11) is 0. The third-order valence-electron chi connectivity index (χ3n) is 5.92. The van der Waals surface area contributed by atoms with E-state index in [1.807, 2.05) is 56.0 Å². The van der Waals surface area contributed by atoms with Crippen LogP contribution in [0.4, 0.5) is 0 Å². The highest BCUT2D eigenvalue weighted by Gasteiger charge is 2.28. The molecule has 6 heteroatoms. The van der Waals surface area contributed by atoms with E-state index in [1.165, 1.54) is 22.3 Å². The quantitative estimate of drug-likeness (QED) is 0.306. The molecule has 1 aliphatic rings. The van der Waals surface area contributed by atoms with Crippen LogP contribution >= 0.6 is 0 Å². The van der Waals surface area contributed by atoms with Crippen molar-refractivity contribution in [3.8, 4) is 16.9 Å². The van der Waals surface area contributed by atoms with Crippen LogP contribution in [0.2, 0.25) is 0 Å². The minimum atomic E-state index is -0.579. The lowest BCUT2D eigenvalue weighted by Crippen LogP contribution is -2.28. The zero-order valence-electron chi connectivity index (χ0n) is 19.2. The molecule has 0 fully saturated rings. The summed E-state index contributed by atoms with van der Waals surface area (Å²) < 4.78 is 16.7. The number of benzene rings is 1. The van der Waals surface area contributed by atoms with E-state index >= 15 is 0 Å². The topological polar surface area (TPSA) is 70.5 Å². The molecule has 1 atom stereocenters. The van der Waals surface area contributed by atoms with Gasteiger partial charge >= 0.3 is 5.97 Å². The van der Waals surface area contributed by atoms with Gasteiger partial charge in [-0.1, -0.05) is 12.1 Å². The van der Waals surface area contributed by atoms with E-state index in [-0.39, 0.29) is 5.97 Å². The smallest absolute Gasteiger partial charge is 0.335 e. The molecule has 0 aliphatic heterocycles. The van der Waals surface area contributed by atoms with Crippen LogP contribution in [-0.4, -0.2) is 41.9 Å². The van der Waals surface area contributed by atoms with Crippen LogP contribution < -0.4 is 4.74 Å². The van der Waals surface area contributed by atoms with Crippen LogP contribution in [0.3, 0.4) is 0 Å². The van der Waals surface area contributed by atoms with Gasteiger partial charge in [-0.25, -0.2) is 4.79 Å². The highest BCUT2D eigenvalue weighted by Crippen LogP contribution is 2.45. The van der Waals surface area contributed by atoms with E-state index in [9.17, 15) is 4.79 Å². The molecule has 33 heavy (non-hydrogen) atoms. The number of hydrogen-bond acceptors (Lipinski definition) is 6. The average molecular weight is 447 g/mol. The number of carbonyl (C=O) groups is 1. The SMILES string of the molecule is CCOC(=O)C(Cc1ccc(OCCCC2c3ccncc3-c3cnccc32)cc1)OCC. The van der Waals surface area contributed by atoms with Gasteiger partial charge < -0.3 is 14.2 Å². The standard InChI is InChI=1S/C27H30N2O4/c1-3-31-26(27(30)32-4-2)16-19-7-9-20(10-8-19)33-15-5-6-21-22-11-13-28-17-24(22)25-18-29-14-12-23(21)25/h7-14,17-18,21,26H,3-6,15-16H2,1-2H3. The van der Waals surface area contributed by atoms with Gasteiger partial charge in [0.2, 0.25) is 0 Å². The Morgan fingerprint density at radius 2 is 1.61 bits per heavy atom. The molecule has 3 aromatic rings. The van der Waals surface area contributed by atoms with Gasteiger partial charge in [0, 0.05) is 54.9 Å². The summed E-state index contributed by atoms with van der Waals surface area (Å²) in [5.74, 6) is 0.857. The summed E-state index contributed by atoms with van der Waals surface area (Å²) in [4.78, 5) is 20.7. The minimum absolute atomic E-state index is 0.318. The van der Waals surface area contributed by atoms with Gasteiger partial charge in [-0.05, 0) is 67.6 Å². The number of hydrogen-bond donors (Lipinski definition) is 0. The first-order valence-electron chi connectivity index (χ1n) is 11.6. The van der Waals surface area contributed by atoms with Crippen molar-refractivity contribution in [2.75, 3.05) is 19.8 Å². The van der Waals surface area contributed by atoms with Crippen LogP contribution in [0.1, 0.15) is 49.3 Å². The van der Waals surface area contributed by atoms with E-state index in [1.54, 1.807) is 6.92 Å². The molecule has 2 aromatic heterocycles. The predicted molar refractivity (Wildman–Crippen MR) is 126 cm³/mol. The Labute approximate surface area is 194 Å². The van der Waals surface area contributed by atoms with Crippen LogP contribution in [0.5, 0.6) is 5.75 Å². The lowest BCUT2D eigenvalue weighted by Gasteiger charge is -2.16. The van der Waals surface area contributed by atoms with Crippen molar-refractivity contribution in [1.82, 2.24) is 9.97 Å². The van der Waals surface area contributed by atoms with Crippen molar-refractivity contribution >= 4 is 5.97 Å². The Kier molecular flexibility index (Phi) is 7.68. The molecular weight excluding hydrogens is 416 g/mol. The summed E-state index contributed by atoms with van der Waals surface area (Å²) >= 11 is 0. The molecule has 1 unspecified atom stereocenters. The second-order valence-electron chi connectivity index (χ2n) is 8.01. The Hall–Kier alpha value is -3.25. The fourth-order valence-electron chi connectivity index (χ4n) is 4.41. The first-order chi connectivity index (χ1) is 16.2. The van der Waals surface area contributed by atoms with Gasteiger partial charge in [-0.15, -0.1) is 0 Å². The first-order valence-corrected chi connectivity index (χ1v) is 11.6. The fourth-order valence-corrected chi connectivity index (χ4v) is 4.41. The van der Waals surface area contributed by atoms with Crippen molar-refractivity contribution in [1.29, 1.82) is 0 Å². The zero-order valence-corrected chi connectivity index (χ0v) is 19.2. The minimum Gasteiger partial charge on any atom is -0.494 e. The summed E-state index contributed by atoms with van der Waals surface area (Å²) in [6, 6.07) is 12.1. The van der Waals surface area contributed by atoms with Crippen molar-refractivity contribution in [3.63, 3.8) is 0 Å². The molecule has 0 bridgehead atoms. The van der Waals surface area contributed by atoms with Gasteiger partial charge in [-0.3, -0.25) is 9.97 Å². The predicted octanol–water partition coefficient (Wildman–Crippen LogP) is 4.96. The highest BCUT2D eigenvalue weighted by molar-refractivity contribution is 5.77. The second-order valence-corrected chi connectivity index (χ2v) is 8.01.